The Balaban J connectivity index is 2.03. The number of quaternary nitrogens is 1. The molecule has 2 aromatic rings. The number of H-pyrrole nitrogens is 1. The first-order chi connectivity index (χ1) is 9.65. The highest BCUT2D eigenvalue weighted by molar-refractivity contribution is 6.31. The molecule has 0 atom stereocenters. The van der Waals surface area contributed by atoms with Crippen molar-refractivity contribution in [1.29, 1.82) is 0 Å². The lowest BCUT2D eigenvalue weighted by atomic mass is 10.1. The molecule has 4 heteroatoms. The Kier molecular flexibility index (Phi) is 3.81. The van der Waals surface area contributed by atoms with Crippen LogP contribution in [-0.4, -0.2) is 18.1 Å². The van der Waals surface area contributed by atoms with E-state index < -0.39 is 0 Å². The van der Waals surface area contributed by atoms with Crippen LogP contribution >= 0.6 is 11.6 Å². The van der Waals surface area contributed by atoms with Crippen LogP contribution in [0, 0.1) is 6.92 Å². The molecule has 0 aliphatic carbocycles. The average Bonchev–Trinajstić information content (AvgIpc) is 2.46. The first-order valence-corrected chi connectivity index (χ1v) is 7.67. The third kappa shape index (κ3) is 2.60. The minimum Gasteiger partial charge on any atom is -0.358 e. The molecule has 0 saturated carbocycles. The number of hydrogen-bond acceptors (Lipinski definition) is 1. The summed E-state index contributed by atoms with van der Waals surface area (Å²) in [5.41, 5.74) is 2.91. The molecule has 1 aliphatic heterocycles. The molecule has 2 heterocycles. The summed E-state index contributed by atoms with van der Waals surface area (Å²) < 4.78 is 0. The van der Waals surface area contributed by atoms with Gasteiger partial charge in [-0.15, -0.1) is 0 Å². The molecule has 1 fully saturated rings. The number of piperidine rings is 1. The molecule has 0 amide bonds. The first-order valence-electron chi connectivity index (χ1n) is 7.30. The molecule has 1 saturated heterocycles. The molecule has 106 valence electrons. The van der Waals surface area contributed by atoms with Gasteiger partial charge in [-0.2, -0.15) is 0 Å². The van der Waals surface area contributed by atoms with Crippen LogP contribution in [-0.2, 0) is 6.54 Å². The second-order valence-corrected chi connectivity index (χ2v) is 6.17. The van der Waals surface area contributed by atoms with E-state index >= 15 is 0 Å². The lowest BCUT2D eigenvalue weighted by molar-refractivity contribution is -0.918. The van der Waals surface area contributed by atoms with E-state index in [4.69, 9.17) is 11.6 Å². The van der Waals surface area contributed by atoms with Crippen molar-refractivity contribution >= 4 is 22.5 Å². The Morgan fingerprint density at radius 3 is 2.75 bits per heavy atom. The molecule has 1 aliphatic rings. The largest absolute Gasteiger partial charge is 0.358 e. The van der Waals surface area contributed by atoms with Gasteiger partial charge in [-0.25, -0.2) is 0 Å². The maximum Gasteiger partial charge on any atom is 0.198 e. The molecule has 3 rings (SSSR count). The van der Waals surface area contributed by atoms with E-state index in [1.807, 2.05) is 19.1 Å². The highest BCUT2D eigenvalue weighted by atomic mass is 35.5. The monoisotopic (exact) mass is 291 g/mol. The van der Waals surface area contributed by atoms with Gasteiger partial charge in [0.1, 0.15) is 6.54 Å². The van der Waals surface area contributed by atoms with Crippen LogP contribution in [0.15, 0.2) is 23.0 Å². The molecule has 0 bridgehead atoms. The van der Waals surface area contributed by atoms with E-state index in [0.717, 1.165) is 23.3 Å². The molecule has 20 heavy (non-hydrogen) atoms. The van der Waals surface area contributed by atoms with Gasteiger partial charge in [-0.1, -0.05) is 11.6 Å². The number of hydrogen-bond donors (Lipinski definition) is 2. The SMILES string of the molecule is Cc1[nH]c2ccc(Cl)cc2c(=O)c1C[NH+]1CCCCC1. The minimum absolute atomic E-state index is 0.136. The summed E-state index contributed by atoms with van der Waals surface area (Å²) in [7, 11) is 0. The van der Waals surface area contributed by atoms with Crippen LogP contribution in [0.1, 0.15) is 30.5 Å². The van der Waals surface area contributed by atoms with Crippen molar-refractivity contribution in [2.75, 3.05) is 13.1 Å². The number of aryl methyl sites for hydroxylation is 1. The highest BCUT2D eigenvalue weighted by Crippen LogP contribution is 2.16. The fourth-order valence-corrected chi connectivity index (χ4v) is 3.29. The maximum absolute atomic E-state index is 12.7. The molecule has 2 N–H and O–H groups in total. The smallest absolute Gasteiger partial charge is 0.198 e. The third-order valence-electron chi connectivity index (χ3n) is 4.26. The highest BCUT2D eigenvalue weighted by Gasteiger charge is 2.18. The fraction of sp³-hybridized carbons (Fsp3) is 0.438. The summed E-state index contributed by atoms with van der Waals surface area (Å²) in [6.45, 7) is 5.16. The molecular weight excluding hydrogens is 272 g/mol. The van der Waals surface area contributed by atoms with Crippen molar-refractivity contribution in [3.05, 3.63) is 44.7 Å². The van der Waals surface area contributed by atoms with Crippen molar-refractivity contribution in [2.24, 2.45) is 0 Å². The number of fused-ring (bicyclic) bond motifs is 1. The number of benzene rings is 1. The normalized spacial score (nSPS) is 16.7. The molecule has 1 aromatic carbocycles. The second-order valence-electron chi connectivity index (χ2n) is 5.74. The van der Waals surface area contributed by atoms with Crippen LogP contribution in [0.2, 0.25) is 5.02 Å². The third-order valence-corrected chi connectivity index (χ3v) is 4.50. The van der Waals surface area contributed by atoms with Gasteiger partial charge in [0, 0.05) is 21.6 Å². The summed E-state index contributed by atoms with van der Waals surface area (Å²) in [5, 5.41) is 1.32. The number of aromatic nitrogens is 1. The zero-order valence-corrected chi connectivity index (χ0v) is 12.5. The number of pyridine rings is 1. The van der Waals surface area contributed by atoms with Crippen molar-refractivity contribution in [2.45, 2.75) is 32.7 Å². The van der Waals surface area contributed by atoms with Gasteiger partial charge in [-0.3, -0.25) is 4.79 Å². The van der Waals surface area contributed by atoms with Crippen LogP contribution < -0.4 is 10.3 Å². The van der Waals surface area contributed by atoms with E-state index in [2.05, 4.69) is 4.98 Å². The number of aromatic amines is 1. The lowest BCUT2D eigenvalue weighted by Gasteiger charge is -2.24. The van der Waals surface area contributed by atoms with Crippen LogP contribution in [0.5, 0.6) is 0 Å². The van der Waals surface area contributed by atoms with Crippen molar-refractivity contribution in [3.8, 4) is 0 Å². The summed E-state index contributed by atoms with van der Waals surface area (Å²) in [5.74, 6) is 0. The Labute approximate surface area is 123 Å². The summed E-state index contributed by atoms with van der Waals surface area (Å²) in [6, 6.07) is 5.46. The standard InChI is InChI=1S/C16H19ClN2O/c1-11-14(10-19-7-3-2-4-8-19)16(20)13-9-12(17)5-6-15(13)18-11/h5-6,9H,2-4,7-8,10H2,1H3,(H,18,20)/p+1. The second kappa shape index (κ2) is 5.58. The predicted molar refractivity (Wildman–Crippen MR) is 82.6 cm³/mol. The van der Waals surface area contributed by atoms with Gasteiger partial charge >= 0.3 is 0 Å². The molecule has 3 nitrogen and oxygen atoms in total. The van der Waals surface area contributed by atoms with Crippen molar-refractivity contribution in [1.82, 2.24) is 4.98 Å². The first kappa shape index (κ1) is 13.7. The van der Waals surface area contributed by atoms with E-state index in [0.29, 0.717) is 10.4 Å². The Morgan fingerprint density at radius 2 is 2.00 bits per heavy atom. The molecule has 0 radical (unpaired) electrons. The van der Waals surface area contributed by atoms with Crippen LogP contribution in [0.25, 0.3) is 10.9 Å². The molecule has 0 unspecified atom stereocenters. The van der Waals surface area contributed by atoms with Crippen molar-refractivity contribution in [3.63, 3.8) is 0 Å². The number of likely N-dealkylation sites (tertiary alicyclic amines) is 1. The summed E-state index contributed by atoms with van der Waals surface area (Å²) in [6.07, 6.45) is 3.86. The van der Waals surface area contributed by atoms with Gasteiger partial charge in [0.15, 0.2) is 5.43 Å². The van der Waals surface area contributed by atoms with E-state index in [1.54, 1.807) is 6.07 Å². The summed E-state index contributed by atoms with van der Waals surface area (Å²) >= 11 is 6.02. The van der Waals surface area contributed by atoms with Gasteiger partial charge in [-0.05, 0) is 44.4 Å². The lowest BCUT2D eigenvalue weighted by Crippen LogP contribution is -3.11. The van der Waals surface area contributed by atoms with Gasteiger partial charge in [0.25, 0.3) is 0 Å². The van der Waals surface area contributed by atoms with Crippen molar-refractivity contribution < 1.29 is 4.90 Å². The number of nitrogens with one attached hydrogen (secondary N) is 2. The Morgan fingerprint density at radius 1 is 1.25 bits per heavy atom. The maximum atomic E-state index is 12.7. The fourth-order valence-electron chi connectivity index (χ4n) is 3.12. The molecular formula is C16H20ClN2O+. The van der Waals surface area contributed by atoms with Crippen LogP contribution in [0.3, 0.4) is 0 Å². The predicted octanol–water partition coefficient (Wildman–Crippen LogP) is 2.06. The number of halogens is 1. The van der Waals surface area contributed by atoms with E-state index in [-0.39, 0.29) is 5.43 Å². The summed E-state index contributed by atoms with van der Waals surface area (Å²) in [4.78, 5) is 17.5. The minimum atomic E-state index is 0.136. The number of rotatable bonds is 2. The van der Waals surface area contributed by atoms with Gasteiger partial charge < -0.3 is 9.88 Å². The quantitative estimate of drug-likeness (QED) is 0.873. The van der Waals surface area contributed by atoms with Gasteiger partial charge in [0.05, 0.1) is 18.7 Å². The van der Waals surface area contributed by atoms with E-state index in [1.165, 1.54) is 37.3 Å². The topological polar surface area (TPSA) is 37.3 Å². The zero-order chi connectivity index (χ0) is 14.1. The average molecular weight is 292 g/mol. The zero-order valence-electron chi connectivity index (χ0n) is 11.8. The van der Waals surface area contributed by atoms with Gasteiger partial charge in [0.2, 0.25) is 0 Å². The van der Waals surface area contributed by atoms with E-state index in [9.17, 15) is 4.79 Å². The van der Waals surface area contributed by atoms with Crippen LogP contribution in [0.4, 0.5) is 0 Å². The molecule has 0 spiro atoms. The molecule has 1 aromatic heterocycles. The Hall–Kier alpha value is -1.32. The Bertz CT molecular complexity index is 687.